The summed E-state index contributed by atoms with van der Waals surface area (Å²) in [6.45, 7) is 7.13. The Kier molecular flexibility index (Phi) is 5.56. The normalized spacial score (nSPS) is 18.9. The molecule has 150 valence electrons. The van der Waals surface area contributed by atoms with E-state index in [9.17, 15) is 0 Å². The van der Waals surface area contributed by atoms with Crippen molar-refractivity contribution < 1.29 is 0 Å². The van der Waals surface area contributed by atoms with Crippen molar-refractivity contribution in [3.05, 3.63) is 81.4 Å². The van der Waals surface area contributed by atoms with Gasteiger partial charge in [-0.15, -0.1) is 0 Å². The Morgan fingerprint density at radius 1 is 1.14 bits per heavy atom. The average Bonchev–Trinajstić information content (AvgIpc) is 3.20. The Balaban J connectivity index is 1.86. The molecule has 1 aliphatic heterocycles. The van der Waals surface area contributed by atoms with Gasteiger partial charge in [-0.2, -0.15) is 0 Å². The third kappa shape index (κ3) is 3.41. The van der Waals surface area contributed by atoms with Crippen LogP contribution in [0.3, 0.4) is 0 Å². The van der Waals surface area contributed by atoms with Gasteiger partial charge in [0.05, 0.1) is 33.5 Å². The molecule has 1 aliphatic rings. The van der Waals surface area contributed by atoms with E-state index in [2.05, 4.69) is 46.6 Å². The molecule has 3 aromatic rings. The van der Waals surface area contributed by atoms with Gasteiger partial charge in [-0.3, -0.25) is 4.98 Å². The molecule has 0 radical (unpaired) electrons. The number of aromatic nitrogens is 2. The van der Waals surface area contributed by atoms with Crippen molar-refractivity contribution in [2.24, 2.45) is 0 Å². The van der Waals surface area contributed by atoms with Crippen molar-refractivity contribution in [3.8, 4) is 5.69 Å². The van der Waals surface area contributed by atoms with Crippen molar-refractivity contribution >= 4 is 40.5 Å². The first-order valence-electron chi connectivity index (χ1n) is 9.55. The predicted octanol–water partition coefficient (Wildman–Crippen LogP) is 5.79. The van der Waals surface area contributed by atoms with E-state index < -0.39 is 0 Å². The molecule has 3 heterocycles. The van der Waals surface area contributed by atoms with Gasteiger partial charge in [0.2, 0.25) is 0 Å². The number of likely N-dealkylation sites (N-methyl/N-ethyl adjacent to an activating group) is 1. The van der Waals surface area contributed by atoms with Gasteiger partial charge in [0.1, 0.15) is 0 Å². The van der Waals surface area contributed by atoms with Crippen LogP contribution in [0.25, 0.3) is 5.69 Å². The molecule has 0 spiro atoms. The van der Waals surface area contributed by atoms with E-state index in [0.717, 1.165) is 34.4 Å². The zero-order valence-electron chi connectivity index (χ0n) is 16.5. The van der Waals surface area contributed by atoms with Crippen LogP contribution in [0.15, 0.2) is 48.7 Å². The highest BCUT2D eigenvalue weighted by Crippen LogP contribution is 2.42. The molecule has 0 amide bonds. The Bertz CT molecular complexity index is 1060. The molecule has 0 aliphatic carbocycles. The molecule has 0 unspecified atom stereocenters. The van der Waals surface area contributed by atoms with Gasteiger partial charge in [-0.25, -0.2) is 0 Å². The minimum atomic E-state index is -0.0209. The average molecular weight is 445 g/mol. The summed E-state index contributed by atoms with van der Waals surface area (Å²) in [6.07, 6.45) is 1.82. The lowest BCUT2D eigenvalue weighted by molar-refractivity contribution is 0.329. The van der Waals surface area contributed by atoms with Crippen LogP contribution in [0, 0.1) is 13.8 Å². The summed E-state index contributed by atoms with van der Waals surface area (Å²) in [7, 11) is 0. The van der Waals surface area contributed by atoms with Crippen molar-refractivity contribution in [3.63, 3.8) is 0 Å². The number of benzene rings is 1. The maximum atomic E-state index is 6.54. The third-order valence-corrected chi connectivity index (χ3v) is 6.66. The van der Waals surface area contributed by atoms with Gasteiger partial charge in [-0.1, -0.05) is 35.3 Å². The first-order valence-corrected chi connectivity index (χ1v) is 10.7. The molecule has 0 saturated carbocycles. The van der Waals surface area contributed by atoms with Crippen LogP contribution >= 0.6 is 35.4 Å². The lowest BCUT2D eigenvalue weighted by Gasteiger charge is -2.27. The highest BCUT2D eigenvalue weighted by Gasteiger charge is 2.40. The topological polar surface area (TPSA) is 33.1 Å². The van der Waals surface area contributed by atoms with Gasteiger partial charge in [0.25, 0.3) is 0 Å². The SMILES string of the molecule is CCN1C(=S)N[C@@H](c2ccccn2)[C@@H]1c1cc(C)n(-c2cccc(Cl)c2Cl)c1C. The zero-order valence-corrected chi connectivity index (χ0v) is 18.8. The lowest BCUT2D eigenvalue weighted by Crippen LogP contribution is -2.29. The van der Waals surface area contributed by atoms with E-state index in [1.165, 1.54) is 5.56 Å². The molecule has 4 rings (SSSR count). The fourth-order valence-corrected chi connectivity index (χ4v) is 4.96. The fraction of sp³-hybridized carbons (Fsp3) is 0.273. The second-order valence-corrected chi connectivity index (χ2v) is 8.32. The van der Waals surface area contributed by atoms with Crippen molar-refractivity contribution in [1.29, 1.82) is 0 Å². The van der Waals surface area contributed by atoms with Crippen LogP contribution in [0.2, 0.25) is 10.0 Å². The predicted molar refractivity (Wildman–Crippen MR) is 123 cm³/mol. The molecule has 0 bridgehead atoms. The highest BCUT2D eigenvalue weighted by atomic mass is 35.5. The summed E-state index contributed by atoms with van der Waals surface area (Å²) in [5.41, 5.74) is 5.26. The van der Waals surface area contributed by atoms with E-state index in [0.29, 0.717) is 10.0 Å². The number of pyridine rings is 1. The van der Waals surface area contributed by atoms with Crippen molar-refractivity contribution in [2.45, 2.75) is 32.9 Å². The maximum absolute atomic E-state index is 6.54. The van der Waals surface area contributed by atoms with E-state index in [1.807, 2.05) is 36.5 Å². The Labute approximate surface area is 186 Å². The van der Waals surface area contributed by atoms with Crippen LogP contribution in [0.5, 0.6) is 0 Å². The molecule has 2 atom stereocenters. The Hall–Kier alpha value is -2.08. The van der Waals surface area contributed by atoms with Gasteiger partial charge >= 0.3 is 0 Å². The summed E-state index contributed by atoms with van der Waals surface area (Å²) in [6, 6.07) is 13.9. The summed E-state index contributed by atoms with van der Waals surface area (Å²) < 4.78 is 2.16. The third-order valence-electron chi connectivity index (χ3n) is 5.50. The number of hydrogen-bond donors (Lipinski definition) is 1. The monoisotopic (exact) mass is 444 g/mol. The molecular weight excluding hydrogens is 423 g/mol. The quantitative estimate of drug-likeness (QED) is 0.516. The standard InChI is InChI=1S/C22H22Cl2N4S/c1-4-27-21(20(26-22(27)29)17-9-5-6-11-25-17)15-12-13(2)28(14(15)3)18-10-7-8-16(23)19(18)24/h5-12,20-21H,4H2,1-3H3,(H,26,29)/t20-,21-/m0/s1. The van der Waals surface area contributed by atoms with Gasteiger partial charge in [0, 0.05) is 24.1 Å². The summed E-state index contributed by atoms with van der Waals surface area (Å²) in [4.78, 5) is 6.81. The second kappa shape index (κ2) is 7.98. The number of aryl methyl sites for hydroxylation is 1. The second-order valence-electron chi connectivity index (χ2n) is 7.15. The van der Waals surface area contributed by atoms with Gasteiger partial charge in [0.15, 0.2) is 5.11 Å². The minimum Gasteiger partial charge on any atom is -0.352 e. The summed E-state index contributed by atoms with van der Waals surface area (Å²) in [5, 5.41) is 5.32. The van der Waals surface area contributed by atoms with Crippen LogP contribution in [0.4, 0.5) is 0 Å². The number of hydrogen-bond acceptors (Lipinski definition) is 2. The van der Waals surface area contributed by atoms with Crippen LogP contribution in [0.1, 0.15) is 41.7 Å². The Morgan fingerprint density at radius 2 is 1.93 bits per heavy atom. The minimum absolute atomic E-state index is 0.0209. The Morgan fingerprint density at radius 3 is 2.62 bits per heavy atom. The first kappa shape index (κ1) is 20.2. The molecule has 1 saturated heterocycles. The van der Waals surface area contributed by atoms with Crippen LogP contribution < -0.4 is 5.32 Å². The number of halogens is 2. The molecule has 29 heavy (non-hydrogen) atoms. The van der Waals surface area contributed by atoms with Gasteiger partial charge < -0.3 is 14.8 Å². The largest absolute Gasteiger partial charge is 0.352 e. The maximum Gasteiger partial charge on any atom is 0.170 e. The van der Waals surface area contributed by atoms with E-state index in [4.69, 9.17) is 35.4 Å². The smallest absolute Gasteiger partial charge is 0.170 e. The summed E-state index contributed by atoms with van der Waals surface area (Å²) >= 11 is 18.5. The number of nitrogens with one attached hydrogen (secondary N) is 1. The van der Waals surface area contributed by atoms with Gasteiger partial charge in [-0.05, 0) is 68.9 Å². The van der Waals surface area contributed by atoms with Crippen LogP contribution in [-0.2, 0) is 0 Å². The molecule has 1 aromatic carbocycles. The molecule has 1 fully saturated rings. The molecule has 7 heteroatoms. The molecule has 1 N–H and O–H groups in total. The van der Waals surface area contributed by atoms with Crippen LogP contribution in [-0.4, -0.2) is 26.1 Å². The lowest BCUT2D eigenvalue weighted by atomic mass is 9.97. The van der Waals surface area contributed by atoms with E-state index in [-0.39, 0.29) is 12.1 Å². The molecule has 4 nitrogen and oxygen atoms in total. The van der Waals surface area contributed by atoms with E-state index >= 15 is 0 Å². The highest BCUT2D eigenvalue weighted by molar-refractivity contribution is 7.80. The number of thiocarbonyl (C=S) groups is 1. The summed E-state index contributed by atoms with van der Waals surface area (Å²) in [5.74, 6) is 0. The number of rotatable bonds is 4. The first-order chi connectivity index (χ1) is 13.9. The zero-order chi connectivity index (χ0) is 20.7. The van der Waals surface area contributed by atoms with Crippen molar-refractivity contribution in [2.75, 3.05) is 6.54 Å². The van der Waals surface area contributed by atoms with E-state index in [1.54, 1.807) is 6.07 Å². The number of nitrogens with zero attached hydrogens (tertiary/aromatic N) is 3. The fourth-order valence-electron chi connectivity index (χ4n) is 4.21. The molecular formula is C22H22Cl2N4S. The van der Waals surface area contributed by atoms with Crippen molar-refractivity contribution in [1.82, 2.24) is 19.8 Å². The molecule has 2 aromatic heterocycles.